The predicted molar refractivity (Wildman–Crippen MR) is 51.4 cm³/mol. The molecular formula is C8H17F2N3O. The molecule has 0 aromatic carbocycles. The molecule has 4 nitrogen and oxygen atoms in total. The number of nitrogens with one attached hydrogen (secondary N) is 1. The van der Waals surface area contributed by atoms with E-state index in [0.29, 0.717) is 18.8 Å². The minimum Gasteiger partial charge on any atom is -0.375 e. The van der Waals surface area contributed by atoms with Gasteiger partial charge in [0, 0.05) is 13.0 Å². The van der Waals surface area contributed by atoms with Crippen LogP contribution in [0.3, 0.4) is 0 Å². The molecule has 14 heavy (non-hydrogen) atoms. The van der Waals surface area contributed by atoms with Crippen molar-refractivity contribution in [1.29, 1.82) is 0 Å². The predicted octanol–water partition coefficient (Wildman–Crippen LogP) is 0.930. The molecule has 84 valence electrons. The van der Waals surface area contributed by atoms with Crippen molar-refractivity contribution in [2.75, 3.05) is 19.8 Å². The van der Waals surface area contributed by atoms with Gasteiger partial charge in [-0.05, 0) is 6.42 Å². The molecule has 0 aliphatic carbocycles. The van der Waals surface area contributed by atoms with E-state index in [1.807, 2.05) is 6.92 Å². The molecule has 0 rings (SSSR count). The molecule has 0 radical (unpaired) electrons. The fraction of sp³-hybridized carbons (Fsp3) is 0.875. The summed E-state index contributed by atoms with van der Waals surface area (Å²) < 4.78 is 28.0. The van der Waals surface area contributed by atoms with Crippen LogP contribution in [0.4, 0.5) is 8.78 Å². The van der Waals surface area contributed by atoms with Crippen LogP contribution in [-0.4, -0.2) is 32.0 Å². The Kier molecular flexibility index (Phi) is 8.36. The summed E-state index contributed by atoms with van der Waals surface area (Å²) >= 11 is 0. The highest BCUT2D eigenvalue weighted by Gasteiger charge is 2.02. The Morgan fingerprint density at radius 3 is 2.79 bits per heavy atom. The minimum atomic E-state index is -2.42. The first-order valence-electron chi connectivity index (χ1n) is 4.56. The normalized spacial score (nSPS) is 12.2. The summed E-state index contributed by atoms with van der Waals surface area (Å²) in [4.78, 5) is 4.09. The van der Waals surface area contributed by atoms with E-state index in [9.17, 15) is 8.78 Å². The van der Waals surface area contributed by atoms with Gasteiger partial charge in [-0.3, -0.25) is 4.99 Å². The van der Waals surface area contributed by atoms with Crippen LogP contribution in [0.25, 0.3) is 0 Å². The largest absolute Gasteiger partial charge is 0.375 e. The molecule has 0 bridgehead atoms. The van der Waals surface area contributed by atoms with Gasteiger partial charge in [-0.15, -0.1) is 0 Å². The average molecular weight is 209 g/mol. The van der Waals surface area contributed by atoms with Crippen molar-refractivity contribution >= 4 is 5.84 Å². The van der Waals surface area contributed by atoms with Gasteiger partial charge < -0.3 is 10.2 Å². The Morgan fingerprint density at radius 2 is 2.29 bits per heavy atom. The highest BCUT2D eigenvalue weighted by atomic mass is 19.3. The summed E-state index contributed by atoms with van der Waals surface area (Å²) in [6, 6.07) is 0. The second kappa shape index (κ2) is 8.83. The molecule has 0 unspecified atom stereocenters. The number of nitrogens with zero attached hydrogens (tertiary/aromatic N) is 1. The van der Waals surface area contributed by atoms with Gasteiger partial charge in [0.25, 0.3) is 6.43 Å². The zero-order valence-electron chi connectivity index (χ0n) is 8.30. The van der Waals surface area contributed by atoms with E-state index in [2.05, 4.69) is 15.2 Å². The summed E-state index contributed by atoms with van der Waals surface area (Å²) in [6.45, 7) is 2.34. The summed E-state index contributed by atoms with van der Waals surface area (Å²) in [5.74, 6) is 5.76. The highest BCUT2D eigenvalue weighted by Crippen LogP contribution is 1.94. The van der Waals surface area contributed by atoms with Gasteiger partial charge in [0.15, 0.2) is 0 Å². The Hall–Kier alpha value is -0.750. The number of hydrogen-bond donors (Lipinski definition) is 2. The average Bonchev–Trinajstić information content (AvgIpc) is 2.16. The Bertz CT molecular complexity index is 165. The van der Waals surface area contributed by atoms with E-state index in [1.165, 1.54) is 0 Å². The van der Waals surface area contributed by atoms with Crippen LogP contribution in [0.2, 0.25) is 0 Å². The molecular weight excluding hydrogens is 192 g/mol. The summed E-state index contributed by atoms with van der Waals surface area (Å²) in [6.07, 6.45) is -1.07. The number of rotatable bonds is 7. The van der Waals surface area contributed by atoms with Gasteiger partial charge >= 0.3 is 0 Å². The lowest BCUT2D eigenvalue weighted by molar-refractivity contribution is 0.0200. The molecule has 6 heteroatoms. The first kappa shape index (κ1) is 13.2. The van der Waals surface area contributed by atoms with Crippen LogP contribution in [0.15, 0.2) is 4.99 Å². The Morgan fingerprint density at radius 1 is 1.57 bits per heavy atom. The van der Waals surface area contributed by atoms with Crippen molar-refractivity contribution in [1.82, 2.24) is 5.43 Å². The van der Waals surface area contributed by atoms with E-state index in [-0.39, 0.29) is 6.61 Å². The van der Waals surface area contributed by atoms with E-state index in [4.69, 9.17) is 5.84 Å². The summed E-state index contributed by atoms with van der Waals surface area (Å²) in [5, 5.41) is 0. The maximum absolute atomic E-state index is 11.6. The molecule has 0 fully saturated rings. The van der Waals surface area contributed by atoms with Crippen molar-refractivity contribution in [3.05, 3.63) is 0 Å². The quantitative estimate of drug-likeness (QED) is 0.215. The third kappa shape index (κ3) is 7.88. The van der Waals surface area contributed by atoms with Gasteiger partial charge in [-0.2, -0.15) is 0 Å². The molecule has 0 amide bonds. The molecule has 0 saturated heterocycles. The SMILES string of the molecule is CCCN=C(CCOCC(F)F)NN. The molecule has 0 aromatic heterocycles. The summed E-state index contributed by atoms with van der Waals surface area (Å²) in [7, 11) is 0. The van der Waals surface area contributed by atoms with Crippen molar-refractivity contribution in [2.45, 2.75) is 26.2 Å². The minimum absolute atomic E-state index is 0.205. The zero-order valence-corrected chi connectivity index (χ0v) is 8.30. The monoisotopic (exact) mass is 209 g/mol. The number of halogens is 2. The topological polar surface area (TPSA) is 59.6 Å². The number of amidine groups is 1. The second-order valence-corrected chi connectivity index (χ2v) is 2.69. The van der Waals surface area contributed by atoms with E-state index in [1.54, 1.807) is 0 Å². The first-order valence-corrected chi connectivity index (χ1v) is 4.56. The van der Waals surface area contributed by atoms with Crippen LogP contribution in [0, 0.1) is 0 Å². The fourth-order valence-corrected chi connectivity index (χ4v) is 0.785. The summed E-state index contributed by atoms with van der Waals surface area (Å²) in [5.41, 5.74) is 2.41. The van der Waals surface area contributed by atoms with Gasteiger partial charge in [0.05, 0.1) is 6.61 Å². The first-order chi connectivity index (χ1) is 6.70. The molecule has 0 heterocycles. The van der Waals surface area contributed by atoms with Crippen molar-refractivity contribution in [3.8, 4) is 0 Å². The number of nitrogens with two attached hydrogens (primary N) is 1. The molecule has 0 atom stereocenters. The molecule has 0 aromatic rings. The van der Waals surface area contributed by atoms with Crippen LogP contribution in [0.5, 0.6) is 0 Å². The van der Waals surface area contributed by atoms with Gasteiger partial charge in [-0.1, -0.05) is 6.92 Å². The van der Waals surface area contributed by atoms with E-state index >= 15 is 0 Å². The van der Waals surface area contributed by atoms with Crippen molar-refractivity contribution in [2.24, 2.45) is 10.8 Å². The third-order valence-corrected chi connectivity index (χ3v) is 1.42. The fourth-order valence-electron chi connectivity index (χ4n) is 0.785. The van der Waals surface area contributed by atoms with Gasteiger partial charge in [0.2, 0.25) is 0 Å². The number of hydrogen-bond acceptors (Lipinski definition) is 3. The molecule has 0 spiro atoms. The standard InChI is InChI=1S/C8H17F2N3O/c1-2-4-12-8(13-11)3-5-14-6-7(9)10/h7H,2-6,11H2,1H3,(H,12,13). The van der Waals surface area contributed by atoms with Crippen molar-refractivity contribution < 1.29 is 13.5 Å². The molecule has 3 N–H and O–H groups in total. The Labute approximate surface area is 82.5 Å². The zero-order chi connectivity index (χ0) is 10.8. The second-order valence-electron chi connectivity index (χ2n) is 2.69. The molecule has 0 saturated carbocycles. The maximum atomic E-state index is 11.6. The van der Waals surface area contributed by atoms with Crippen LogP contribution < -0.4 is 11.3 Å². The lowest BCUT2D eigenvalue weighted by Crippen LogP contribution is -2.31. The van der Waals surface area contributed by atoms with Crippen LogP contribution in [0.1, 0.15) is 19.8 Å². The molecule has 0 aliphatic rings. The number of alkyl halides is 2. The van der Waals surface area contributed by atoms with E-state index in [0.717, 1.165) is 6.42 Å². The van der Waals surface area contributed by atoms with Crippen LogP contribution >= 0.6 is 0 Å². The lowest BCUT2D eigenvalue weighted by atomic mass is 10.4. The van der Waals surface area contributed by atoms with Crippen LogP contribution in [-0.2, 0) is 4.74 Å². The van der Waals surface area contributed by atoms with Crippen molar-refractivity contribution in [3.63, 3.8) is 0 Å². The number of hydrazine groups is 1. The number of aliphatic imine (C=N–C) groups is 1. The number of ether oxygens (including phenoxy) is 1. The smallest absolute Gasteiger partial charge is 0.261 e. The maximum Gasteiger partial charge on any atom is 0.261 e. The Balaban J connectivity index is 3.52. The van der Waals surface area contributed by atoms with Gasteiger partial charge in [-0.25, -0.2) is 14.6 Å². The highest BCUT2D eigenvalue weighted by molar-refractivity contribution is 5.81. The third-order valence-electron chi connectivity index (χ3n) is 1.42. The molecule has 0 aliphatic heterocycles. The van der Waals surface area contributed by atoms with Gasteiger partial charge in [0.1, 0.15) is 12.4 Å². The lowest BCUT2D eigenvalue weighted by Gasteiger charge is -2.06. The van der Waals surface area contributed by atoms with E-state index < -0.39 is 13.0 Å².